The molecule has 0 aliphatic rings. The molecule has 0 fully saturated rings. The van der Waals surface area contributed by atoms with Gasteiger partial charge in [-0.1, -0.05) is 23.2 Å². The third kappa shape index (κ3) is 3.29. The highest BCUT2D eigenvalue weighted by molar-refractivity contribution is 6.48. The number of amides is 1. The SMILES string of the molecule is NC(=O)OC(F)(Cl)C(Cl)Cl. The van der Waals surface area contributed by atoms with E-state index in [2.05, 4.69) is 10.5 Å². The number of rotatable bonds is 2. The minimum Gasteiger partial charge on any atom is -0.395 e. The molecule has 1 atom stereocenters. The molecule has 7 heteroatoms. The zero-order valence-corrected chi connectivity index (χ0v) is 6.75. The number of carbonyl (C=O) groups excluding carboxylic acids is 1. The number of halogens is 4. The van der Waals surface area contributed by atoms with Crippen LogP contribution in [0.25, 0.3) is 0 Å². The maximum atomic E-state index is 12.4. The average Bonchev–Trinajstić information content (AvgIpc) is 1.60. The fourth-order valence-corrected chi connectivity index (χ4v) is 0.344. The highest BCUT2D eigenvalue weighted by atomic mass is 35.5. The molecule has 0 aliphatic heterocycles. The second-order valence-corrected chi connectivity index (χ2v) is 2.90. The van der Waals surface area contributed by atoms with Crippen molar-refractivity contribution >= 4 is 40.9 Å². The van der Waals surface area contributed by atoms with Crippen molar-refractivity contribution in [3.05, 3.63) is 0 Å². The summed E-state index contributed by atoms with van der Waals surface area (Å²) >= 11 is 14.7. The van der Waals surface area contributed by atoms with E-state index >= 15 is 0 Å². The Hall–Kier alpha value is 0.0700. The molecule has 0 aromatic rings. The van der Waals surface area contributed by atoms with E-state index in [9.17, 15) is 9.18 Å². The summed E-state index contributed by atoms with van der Waals surface area (Å²) in [5.41, 5.74) is 4.41. The average molecular weight is 210 g/mol. The van der Waals surface area contributed by atoms with Crippen LogP contribution < -0.4 is 5.73 Å². The Morgan fingerprint density at radius 1 is 1.70 bits per heavy atom. The monoisotopic (exact) mass is 209 g/mol. The van der Waals surface area contributed by atoms with E-state index in [1.165, 1.54) is 0 Å². The van der Waals surface area contributed by atoms with Crippen LogP contribution in [0.1, 0.15) is 0 Å². The molecule has 0 aliphatic carbocycles. The van der Waals surface area contributed by atoms with Crippen LogP contribution in [-0.2, 0) is 4.74 Å². The van der Waals surface area contributed by atoms with Gasteiger partial charge in [-0.15, -0.1) is 0 Å². The Morgan fingerprint density at radius 2 is 2.10 bits per heavy atom. The number of carbonyl (C=O) groups is 1. The van der Waals surface area contributed by atoms with Crippen LogP contribution in [0.15, 0.2) is 0 Å². The van der Waals surface area contributed by atoms with Crippen LogP contribution in [0.4, 0.5) is 9.18 Å². The van der Waals surface area contributed by atoms with Gasteiger partial charge in [0.25, 0.3) is 0 Å². The summed E-state index contributed by atoms with van der Waals surface area (Å²) in [7, 11) is 0. The Balaban J connectivity index is 3.99. The molecule has 60 valence electrons. The molecule has 0 aromatic heterocycles. The van der Waals surface area contributed by atoms with Crippen LogP contribution in [0.3, 0.4) is 0 Å². The van der Waals surface area contributed by atoms with Gasteiger partial charge >= 0.3 is 11.4 Å². The van der Waals surface area contributed by atoms with Crippen LogP contribution in [0.2, 0.25) is 0 Å². The summed E-state index contributed by atoms with van der Waals surface area (Å²) in [6, 6.07) is 0. The van der Waals surface area contributed by atoms with Crippen molar-refractivity contribution in [3.8, 4) is 0 Å². The van der Waals surface area contributed by atoms with Gasteiger partial charge in [-0.3, -0.25) is 0 Å². The first-order valence-corrected chi connectivity index (χ1v) is 3.25. The Kier molecular flexibility index (Phi) is 3.48. The third-order valence-electron chi connectivity index (χ3n) is 0.491. The maximum Gasteiger partial charge on any atom is 0.408 e. The molecule has 0 saturated heterocycles. The van der Waals surface area contributed by atoms with Crippen molar-refractivity contribution in [1.82, 2.24) is 0 Å². The predicted octanol–water partition coefficient (Wildman–Crippen LogP) is 1.75. The van der Waals surface area contributed by atoms with E-state index in [1.807, 2.05) is 0 Å². The van der Waals surface area contributed by atoms with Crippen molar-refractivity contribution in [3.63, 3.8) is 0 Å². The third-order valence-corrected chi connectivity index (χ3v) is 1.57. The van der Waals surface area contributed by atoms with E-state index in [0.29, 0.717) is 0 Å². The lowest BCUT2D eigenvalue weighted by atomic mass is 10.8. The second-order valence-electron chi connectivity index (χ2n) is 1.28. The van der Waals surface area contributed by atoms with Gasteiger partial charge in [0.2, 0.25) is 0 Å². The lowest BCUT2D eigenvalue weighted by Crippen LogP contribution is -2.32. The fourth-order valence-electron chi connectivity index (χ4n) is 0.179. The van der Waals surface area contributed by atoms with Gasteiger partial charge in [0, 0.05) is 0 Å². The van der Waals surface area contributed by atoms with Crippen LogP contribution in [0, 0.1) is 0 Å². The number of nitrogens with two attached hydrogens (primary N) is 1. The van der Waals surface area contributed by atoms with Gasteiger partial charge in [0.1, 0.15) is 0 Å². The quantitative estimate of drug-likeness (QED) is 0.706. The number of hydrogen-bond donors (Lipinski definition) is 1. The minimum absolute atomic E-state index is 1.39. The molecule has 0 spiro atoms. The molecule has 0 bridgehead atoms. The number of ether oxygens (including phenoxy) is 1. The number of alkyl halides is 4. The van der Waals surface area contributed by atoms with Gasteiger partial charge in [0.05, 0.1) is 0 Å². The minimum atomic E-state index is -2.95. The van der Waals surface area contributed by atoms with Crippen molar-refractivity contribution < 1.29 is 13.9 Å². The Labute approximate surface area is 71.2 Å². The number of primary amides is 1. The zero-order valence-electron chi connectivity index (χ0n) is 4.48. The van der Waals surface area contributed by atoms with E-state index in [1.54, 1.807) is 0 Å². The molecule has 0 aromatic carbocycles. The molecule has 0 saturated carbocycles. The Morgan fingerprint density at radius 3 is 2.20 bits per heavy atom. The normalized spacial score (nSPS) is 16.5. The predicted molar refractivity (Wildman–Crippen MR) is 35.9 cm³/mol. The smallest absolute Gasteiger partial charge is 0.395 e. The van der Waals surface area contributed by atoms with Gasteiger partial charge in [-0.25, -0.2) is 4.79 Å². The van der Waals surface area contributed by atoms with Gasteiger partial charge < -0.3 is 10.5 Å². The Bertz CT molecular complexity index is 140. The largest absolute Gasteiger partial charge is 0.408 e. The van der Waals surface area contributed by atoms with Crippen LogP contribution in [-0.4, -0.2) is 16.2 Å². The van der Waals surface area contributed by atoms with Crippen LogP contribution in [0.5, 0.6) is 0 Å². The van der Waals surface area contributed by atoms with Crippen molar-refractivity contribution in [2.24, 2.45) is 5.73 Å². The molecule has 0 rings (SSSR count). The first-order chi connectivity index (χ1) is 4.36. The number of hydrogen-bond acceptors (Lipinski definition) is 2. The van der Waals surface area contributed by atoms with Gasteiger partial charge in [0.15, 0.2) is 4.84 Å². The standard InChI is InChI=1S/C3H3Cl3FNO2/c4-1(5)3(6,7)10-2(8)9/h1H,(H2,8,9). The molecule has 1 amide bonds. The molecule has 3 nitrogen and oxygen atoms in total. The van der Waals surface area contributed by atoms with Crippen molar-refractivity contribution in [1.29, 1.82) is 0 Å². The zero-order chi connectivity index (χ0) is 8.36. The molecule has 10 heavy (non-hydrogen) atoms. The van der Waals surface area contributed by atoms with E-state index in [4.69, 9.17) is 34.8 Å². The summed E-state index contributed by atoms with van der Waals surface area (Å²) in [5.74, 6) is 0. The molecule has 1 unspecified atom stereocenters. The summed E-state index contributed by atoms with van der Waals surface area (Å²) < 4.78 is 16.1. The summed E-state index contributed by atoms with van der Waals surface area (Å²) in [6.45, 7) is 0. The molecule has 0 heterocycles. The van der Waals surface area contributed by atoms with Crippen molar-refractivity contribution in [2.45, 2.75) is 10.2 Å². The first kappa shape index (κ1) is 10.1. The molecular formula is C3H3Cl3FNO2. The summed E-state index contributed by atoms with van der Waals surface area (Å²) in [4.78, 5) is 8.20. The highest BCUT2D eigenvalue weighted by Gasteiger charge is 2.38. The van der Waals surface area contributed by atoms with E-state index < -0.39 is 16.2 Å². The van der Waals surface area contributed by atoms with Gasteiger partial charge in [-0.2, -0.15) is 4.39 Å². The van der Waals surface area contributed by atoms with E-state index in [0.717, 1.165) is 0 Å². The van der Waals surface area contributed by atoms with E-state index in [-0.39, 0.29) is 0 Å². The topological polar surface area (TPSA) is 52.3 Å². The maximum absolute atomic E-state index is 12.4. The summed E-state index contributed by atoms with van der Waals surface area (Å²) in [5, 5.41) is -2.95. The highest BCUT2D eigenvalue weighted by Crippen LogP contribution is 2.30. The fraction of sp³-hybridized carbons (Fsp3) is 0.667. The lowest BCUT2D eigenvalue weighted by molar-refractivity contribution is -0.00828. The van der Waals surface area contributed by atoms with Crippen LogP contribution >= 0.6 is 34.8 Å². The molecule has 2 N–H and O–H groups in total. The molecular weight excluding hydrogens is 207 g/mol. The second kappa shape index (κ2) is 3.46. The van der Waals surface area contributed by atoms with Gasteiger partial charge in [-0.05, 0) is 11.6 Å². The lowest BCUT2D eigenvalue weighted by Gasteiger charge is -2.16. The van der Waals surface area contributed by atoms with Crippen molar-refractivity contribution in [2.75, 3.05) is 0 Å². The first-order valence-electron chi connectivity index (χ1n) is 2.00. The molecule has 0 radical (unpaired) electrons. The summed E-state index contributed by atoms with van der Waals surface area (Å²) in [6.07, 6.45) is -1.39.